The lowest BCUT2D eigenvalue weighted by Gasteiger charge is -2.30. The highest BCUT2D eigenvalue weighted by Gasteiger charge is 2.43. The summed E-state index contributed by atoms with van der Waals surface area (Å²) in [5.74, 6) is 1.02. The summed E-state index contributed by atoms with van der Waals surface area (Å²) < 4.78 is 11.9. The fourth-order valence-corrected chi connectivity index (χ4v) is 3.25. The zero-order valence-corrected chi connectivity index (χ0v) is 12.1. The van der Waals surface area contributed by atoms with E-state index in [2.05, 4.69) is 20.8 Å². The Morgan fingerprint density at radius 3 is 2.59 bits per heavy atom. The average molecular weight is 261 g/mol. The van der Waals surface area contributed by atoms with Crippen LogP contribution in [0.2, 0.25) is 0 Å². The minimum absolute atomic E-state index is 0.0999. The molecule has 3 atom stereocenters. The van der Waals surface area contributed by atoms with Crippen LogP contribution < -0.4 is 0 Å². The molecule has 0 aromatic rings. The largest absolute Gasteiger partial charge is 0.347 e. The molecule has 1 aliphatic heterocycles. The Morgan fingerprint density at radius 1 is 1.24 bits per heavy atom. The normalized spacial score (nSPS) is 39.5. The fourth-order valence-electron chi connectivity index (χ4n) is 3.10. The number of hydrogen-bond donors (Lipinski definition) is 0. The van der Waals surface area contributed by atoms with Crippen LogP contribution in [0.4, 0.5) is 0 Å². The van der Waals surface area contributed by atoms with E-state index < -0.39 is 0 Å². The highest BCUT2D eigenvalue weighted by molar-refractivity contribution is 6.18. The summed E-state index contributed by atoms with van der Waals surface area (Å²) in [6.07, 6.45) is 5.87. The van der Waals surface area contributed by atoms with E-state index in [0.29, 0.717) is 17.9 Å². The Labute approximate surface area is 110 Å². The predicted molar refractivity (Wildman–Crippen MR) is 70.3 cm³/mol. The SMILES string of the molecule is CC(C)(C)C1CCCC2(CC1)OCC(CCl)O2. The smallest absolute Gasteiger partial charge is 0.168 e. The van der Waals surface area contributed by atoms with Crippen molar-refractivity contribution in [1.82, 2.24) is 0 Å². The van der Waals surface area contributed by atoms with Gasteiger partial charge in [0.05, 0.1) is 18.6 Å². The maximum Gasteiger partial charge on any atom is 0.168 e. The molecule has 0 N–H and O–H groups in total. The molecule has 1 saturated heterocycles. The zero-order valence-electron chi connectivity index (χ0n) is 11.3. The molecule has 1 spiro atoms. The molecular weight excluding hydrogens is 236 g/mol. The average Bonchev–Trinajstić information content (AvgIpc) is 2.52. The Balaban J connectivity index is 1.96. The lowest BCUT2D eigenvalue weighted by Crippen LogP contribution is -2.31. The predicted octanol–water partition coefficient (Wildman–Crippen LogP) is 3.96. The molecule has 0 aromatic carbocycles. The Bertz CT molecular complexity index is 261. The van der Waals surface area contributed by atoms with Crippen LogP contribution in [-0.2, 0) is 9.47 Å². The second kappa shape index (κ2) is 5.07. The molecule has 0 radical (unpaired) electrons. The van der Waals surface area contributed by atoms with E-state index in [1.54, 1.807) is 0 Å². The summed E-state index contributed by atoms with van der Waals surface area (Å²) in [5.41, 5.74) is 0.399. The van der Waals surface area contributed by atoms with Crippen LogP contribution in [0.1, 0.15) is 52.9 Å². The molecule has 3 unspecified atom stereocenters. The van der Waals surface area contributed by atoms with Gasteiger partial charge in [-0.25, -0.2) is 0 Å². The minimum Gasteiger partial charge on any atom is -0.347 e. The van der Waals surface area contributed by atoms with Gasteiger partial charge in [-0.05, 0) is 30.6 Å². The number of rotatable bonds is 1. The van der Waals surface area contributed by atoms with Crippen LogP contribution in [-0.4, -0.2) is 24.4 Å². The molecule has 2 nitrogen and oxygen atoms in total. The topological polar surface area (TPSA) is 18.5 Å². The van der Waals surface area contributed by atoms with E-state index in [4.69, 9.17) is 21.1 Å². The van der Waals surface area contributed by atoms with Crippen molar-refractivity contribution in [3.05, 3.63) is 0 Å². The van der Waals surface area contributed by atoms with Gasteiger partial charge in [0.25, 0.3) is 0 Å². The van der Waals surface area contributed by atoms with E-state index in [0.717, 1.165) is 18.8 Å². The number of alkyl halides is 1. The van der Waals surface area contributed by atoms with Crippen LogP contribution in [0.25, 0.3) is 0 Å². The molecule has 1 saturated carbocycles. The number of ether oxygens (including phenoxy) is 2. The molecule has 1 aliphatic carbocycles. The Hall–Kier alpha value is 0.210. The maximum absolute atomic E-state index is 6.03. The summed E-state index contributed by atoms with van der Waals surface area (Å²) in [6, 6.07) is 0. The number of hydrogen-bond acceptors (Lipinski definition) is 2. The fraction of sp³-hybridized carbons (Fsp3) is 1.00. The van der Waals surface area contributed by atoms with Gasteiger partial charge in [-0.1, -0.05) is 20.8 Å². The Morgan fingerprint density at radius 2 is 2.00 bits per heavy atom. The Kier molecular flexibility index (Phi) is 4.06. The van der Waals surface area contributed by atoms with E-state index in [9.17, 15) is 0 Å². The molecule has 100 valence electrons. The molecular formula is C14H25ClO2. The quantitative estimate of drug-likeness (QED) is 0.665. The third-order valence-corrected chi connectivity index (χ3v) is 4.64. The molecule has 2 rings (SSSR count). The van der Waals surface area contributed by atoms with Gasteiger partial charge in [-0.3, -0.25) is 0 Å². The van der Waals surface area contributed by atoms with Gasteiger partial charge < -0.3 is 9.47 Å². The molecule has 0 aromatic heterocycles. The van der Waals surface area contributed by atoms with Crippen LogP contribution in [0, 0.1) is 11.3 Å². The third-order valence-electron chi connectivity index (χ3n) is 4.29. The van der Waals surface area contributed by atoms with E-state index in [1.807, 2.05) is 0 Å². The van der Waals surface area contributed by atoms with E-state index in [-0.39, 0.29) is 11.9 Å². The van der Waals surface area contributed by atoms with Crippen molar-refractivity contribution >= 4 is 11.6 Å². The molecule has 17 heavy (non-hydrogen) atoms. The van der Waals surface area contributed by atoms with Crippen molar-refractivity contribution in [3.8, 4) is 0 Å². The highest BCUT2D eigenvalue weighted by atomic mass is 35.5. The summed E-state index contributed by atoms with van der Waals surface area (Å²) in [6.45, 7) is 7.69. The van der Waals surface area contributed by atoms with Gasteiger partial charge in [0.15, 0.2) is 5.79 Å². The number of halogens is 1. The second-order valence-corrected chi connectivity index (χ2v) is 6.92. The molecule has 2 aliphatic rings. The first kappa shape index (κ1) is 13.6. The minimum atomic E-state index is -0.306. The van der Waals surface area contributed by atoms with Crippen molar-refractivity contribution in [2.75, 3.05) is 12.5 Å². The van der Waals surface area contributed by atoms with Crippen LogP contribution >= 0.6 is 11.6 Å². The molecule has 0 amide bonds. The summed E-state index contributed by atoms with van der Waals surface area (Å²) in [4.78, 5) is 0. The summed E-state index contributed by atoms with van der Waals surface area (Å²) >= 11 is 5.85. The summed E-state index contributed by atoms with van der Waals surface area (Å²) in [7, 11) is 0. The van der Waals surface area contributed by atoms with Crippen molar-refractivity contribution < 1.29 is 9.47 Å². The summed E-state index contributed by atoms with van der Waals surface area (Å²) in [5, 5.41) is 0. The van der Waals surface area contributed by atoms with E-state index >= 15 is 0 Å². The van der Waals surface area contributed by atoms with Crippen molar-refractivity contribution in [1.29, 1.82) is 0 Å². The first-order valence-corrected chi connectivity index (χ1v) is 7.36. The van der Waals surface area contributed by atoms with Gasteiger partial charge in [0.2, 0.25) is 0 Å². The lowest BCUT2D eigenvalue weighted by atomic mass is 9.76. The van der Waals surface area contributed by atoms with Gasteiger partial charge in [0, 0.05) is 12.8 Å². The second-order valence-electron chi connectivity index (χ2n) is 6.61. The van der Waals surface area contributed by atoms with Gasteiger partial charge >= 0.3 is 0 Å². The van der Waals surface area contributed by atoms with E-state index in [1.165, 1.54) is 19.3 Å². The van der Waals surface area contributed by atoms with Crippen LogP contribution in [0.15, 0.2) is 0 Å². The molecule has 2 fully saturated rings. The monoisotopic (exact) mass is 260 g/mol. The van der Waals surface area contributed by atoms with Crippen molar-refractivity contribution in [3.63, 3.8) is 0 Å². The van der Waals surface area contributed by atoms with Gasteiger partial charge in [-0.2, -0.15) is 0 Å². The maximum atomic E-state index is 6.03. The molecule has 3 heteroatoms. The zero-order chi connectivity index (χ0) is 12.5. The van der Waals surface area contributed by atoms with Crippen molar-refractivity contribution in [2.45, 2.75) is 64.8 Å². The molecule has 1 heterocycles. The standard InChI is InChI=1S/C14H25ClO2/c1-13(2,3)11-5-4-7-14(8-6-11)16-10-12(9-15)17-14/h11-12H,4-10H2,1-3H3. The molecule has 0 bridgehead atoms. The van der Waals surface area contributed by atoms with Crippen LogP contribution in [0.3, 0.4) is 0 Å². The highest BCUT2D eigenvalue weighted by Crippen LogP contribution is 2.43. The third kappa shape index (κ3) is 3.15. The van der Waals surface area contributed by atoms with Gasteiger partial charge in [0.1, 0.15) is 0 Å². The van der Waals surface area contributed by atoms with Crippen LogP contribution in [0.5, 0.6) is 0 Å². The lowest BCUT2D eigenvalue weighted by molar-refractivity contribution is -0.174. The van der Waals surface area contributed by atoms with Gasteiger partial charge in [-0.15, -0.1) is 11.6 Å². The first-order valence-electron chi connectivity index (χ1n) is 6.83. The first-order chi connectivity index (χ1) is 7.95. The van der Waals surface area contributed by atoms with Crippen molar-refractivity contribution in [2.24, 2.45) is 11.3 Å².